The van der Waals surface area contributed by atoms with Crippen molar-refractivity contribution >= 4 is 39.3 Å². The standard InChI is InChI=1S/C16H17BrClNS/c1-2-10-19-11-12-6-5-8-14(18)16(12)20-15-9-4-3-7-13(15)17/h3-9,19H,2,10-11H2,1H3. The summed E-state index contributed by atoms with van der Waals surface area (Å²) in [5.74, 6) is 0. The van der Waals surface area contributed by atoms with Crippen LogP contribution in [0.4, 0.5) is 0 Å². The van der Waals surface area contributed by atoms with Crippen molar-refractivity contribution in [3.8, 4) is 0 Å². The molecular formula is C16H17BrClNS. The molecule has 2 aromatic rings. The first-order valence-corrected chi connectivity index (χ1v) is 8.61. The van der Waals surface area contributed by atoms with Crippen LogP contribution in [-0.4, -0.2) is 6.54 Å². The molecule has 0 aromatic heterocycles. The van der Waals surface area contributed by atoms with Gasteiger partial charge in [-0.15, -0.1) is 0 Å². The molecule has 0 atom stereocenters. The van der Waals surface area contributed by atoms with Crippen LogP contribution in [0.5, 0.6) is 0 Å². The second kappa shape index (κ2) is 8.08. The molecule has 1 nitrogen and oxygen atoms in total. The van der Waals surface area contributed by atoms with Crippen molar-refractivity contribution < 1.29 is 0 Å². The van der Waals surface area contributed by atoms with E-state index in [2.05, 4.69) is 40.3 Å². The first kappa shape index (κ1) is 15.9. The van der Waals surface area contributed by atoms with E-state index in [9.17, 15) is 0 Å². The lowest BCUT2D eigenvalue weighted by Crippen LogP contribution is -2.14. The van der Waals surface area contributed by atoms with Gasteiger partial charge in [0.1, 0.15) is 0 Å². The molecule has 0 saturated heterocycles. The summed E-state index contributed by atoms with van der Waals surface area (Å²) in [6, 6.07) is 14.3. The lowest BCUT2D eigenvalue weighted by molar-refractivity contribution is 0.669. The van der Waals surface area contributed by atoms with E-state index in [1.54, 1.807) is 11.8 Å². The molecular weight excluding hydrogens is 354 g/mol. The van der Waals surface area contributed by atoms with E-state index in [1.165, 1.54) is 10.5 Å². The van der Waals surface area contributed by atoms with Gasteiger partial charge in [-0.25, -0.2) is 0 Å². The predicted molar refractivity (Wildman–Crippen MR) is 91.7 cm³/mol. The highest BCUT2D eigenvalue weighted by Gasteiger charge is 2.10. The highest BCUT2D eigenvalue weighted by atomic mass is 79.9. The third kappa shape index (κ3) is 4.26. The Balaban J connectivity index is 2.23. The minimum Gasteiger partial charge on any atom is -0.313 e. The number of rotatable bonds is 6. The monoisotopic (exact) mass is 369 g/mol. The minimum atomic E-state index is 0.807. The molecule has 0 aliphatic heterocycles. The van der Waals surface area contributed by atoms with Gasteiger partial charge in [0.15, 0.2) is 0 Å². The first-order chi connectivity index (χ1) is 9.72. The van der Waals surface area contributed by atoms with Crippen LogP contribution in [0.1, 0.15) is 18.9 Å². The summed E-state index contributed by atoms with van der Waals surface area (Å²) in [6.07, 6.45) is 1.13. The molecule has 0 radical (unpaired) electrons. The lowest BCUT2D eigenvalue weighted by Gasteiger charge is -2.12. The Labute approximate surface area is 138 Å². The zero-order valence-electron chi connectivity index (χ0n) is 11.3. The van der Waals surface area contributed by atoms with Gasteiger partial charge in [0.25, 0.3) is 0 Å². The fraction of sp³-hybridized carbons (Fsp3) is 0.250. The molecule has 1 N–H and O–H groups in total. The molecule has 0 fully saturated rings. The van der Waals surface area contributed by atoms with Crippen molar-refractivity contribution in [1.29, 1.82) is 0 Å². The molecule has 0 aliphatic rings. The van der Waals surface area contributed by atoms with E-state index in [4.69, 9.17) is 11.6 Å². The Hall–Kier alpha value is -0.480. The molecule has 0 saturated carbocycles. The van der Waals surface area contributed by atoms with E-state index in [0.29, 0.717) is 0 Å². The average molecular weight is 371 g/mol. The van der Waals surface area contributed by atoms with Gasteiger partial charge in [-0.2, -0.15) is 0 Å². The van der Waals surface area contributed by atoms with Gasteiger partial charge in [0.2, 0.25) is 0 Å². The van der Waals surface area contributed by atoms with Crippen LogP contribution < -0.4 is 5.32 Å². The molecule has 106 valence electrons. The highest BCUT2D eigenvalue weighted by molar-refractivity contribution is 9.10. The molecule has 0 aliphatic carbocycles. The number of halogens is 2. The number of hydrogen-bond acceptors (Lipinski definition) is 2. The Morgan fingerprint density at radius 1 is 1.15 bits per heavy atom. The van der Waals surface area contributed by atoms with E-state index >= 15 is 0 Å². The van der Waals surface area contributed by atoms with Crippen molar-refractivity contribution in [2.45, 2.75) is 29.7 Å². The number of nitrogens with one attached hydrogen (secondary N) is 1. The molecule has 0 bridgehead atoms. The fourth-order valence-corrected chi connectivity index (χ4v) is 3.65. The smallest absolute Gasteiger partial charge is 0.0548 e. The van der Waals surface area contributed by atoms with Crippen LogP contribution in [0, 0.1) is 0 Å². The van der Waals surface area contributed by atoms with E-state index < -0.39 is 0 Å². The first-order valence-electron chi connectivity index (χ1n) is 6.63. The summed E-state index contributed by atoms with van der Waals surface area (Å²) in [5.41, 5.74) is 1.24. The summed E-state index contributed by atoms with van der Waals surface area (Å²) in [6.45, 7) is 4.04. The quantitative estimate of drug-likeness (QED) is 0.649. The summed E-state index contributed by atoms with van der Waals surface area (Å²) in [5, 5.41) is 4.24. The fourth-order valence-electron chi connectivity index (χ4n) is 1.84. The second-order valence-electron chi connectivity index (χ2n) is 4.44. The van der Waals surface area contributed by atoms with Gasteiger partial charge < -0.3 is 5.32 Å². The molecule has 0 amide bonds. The molecule has 2 aromatic carbocycles. The van der Waals surface area contributed by atoms with Crippen molar-refractivity contribution in [3.05, 3.63) is 57.5 Å². The van der Waals surface area contributed by atoms with Gasteiger partial charge in [-0.05, 0) is 52.7 Å². The van der Waals surface area contributed by atoms with Crippen LogP contribution >= 0.6 is 39.3 Å². The van der Waals surface area contributed by atoms with Crippen LogP contribution in [-0.2, 0) is 6.54 Å². The van der Waals surface area contributed by atoms with Gasteiger partial charge >= 0.3 is 0 Å². The summed E-state index contributed by atoms with van der Waals surface area (Å²) >= 11 is 11.7. The van der Waals surface area contributed by atoms with Crippen LogP contribution in [0.3, 0.4) is 0 Å². The van der Waals surface area contributed by atoms with Gasteiger partial charge in [-0.1, -0.05) is 54.6 Å². The largest absolute Gasteiger partial charge is 0.313 e. The number of benzene rings is 2. The highest BCUT2D eigenvalue weighted by Crippen LogP contribution is 2.39. The van der Waals surface area contributed by atoms with Crippen molar-refractivity contribution in [1.82, 2.24) is 5.32 Å². The van der Waals surface area contributed by atoms with E-state index in [0.717, 1.165) is 33.9 Å². The maximum absolute atomic E-state index is 6.38. The Bertz CT molecular complexity index is 574. The maximum atomic E-state index is 6.38. The SMILES string of the molecule is CCCNCc1cccc(Cl)c1Sc1ccccc1Br. The molecule has 4 heteroatoms. The topological polar surface area (TPSA) is 12.0 Å². The normalized spacial score (nSPS) is 10.8. The minimum absolute atomic E-state index is 0.807. The average Bonchev–Trinajstić information content (AvgIpc) is 2.44. The maximum Gasteiger partial charge on any atom is 0.0548 e. The van der Waals surface area contributed by atoms with Crippen molar-refractivity contribution in [3.63, 3.8) is 0 Å². The van der Waals surface area contributed by atoms with Gasteiger partial charge in [0.05, 0.1) is 5.02 Å². The molecule has 0 unspecified atom stereocenters. The third-order valence-electron chi connectivity index (χ3n) is 2.84. The predicted octanol–water partition coefficient (Wildman–Crippen LogP) is 5.75. The van der Waals surface area contributed by atoms with E-state index in [1.807, 2.05) is 30.3 Å². The van der Waals surface area contributed by atoms with Crippen LogP contribution in [0.25, 0.3) is 0 Å². The zero-order valence-corrected chi connectivity index (χ0v) is 14.5. The van der Waals surface area contributed by atoms with Crippen molar-refractivity contribution in [2.75, 3.05) is 6.54 Å². The van der Waals surface area contributed by atoms with E-state index in [-0.39, 0.29) is 0 Å². The summed E-state index contributed by atoms with van der Waals surface area (Å²) in [7, 11) is 0. The molecule has 2 rings (SSSR count). The summed E-state index contributed by atoms with van der Waals surface area (Å²) in [4.78, 5) is 2.31. The van der Waals surface area contributed by atoms with Gasteiger partial charge in [-0.3, -0.25) is 0 Å². The van der Waals surface area contributed by atoms with Crippen LogP contribution in [0.2, 0.25) is 5.02 Å². The lowest BCUT2D eigenvalue weighted by atomic mass is 10.2. The van der Waals surface area contributed by atoms with Crippen molar-refractivity contribution in [2.24, 2.45) is 0 Å². The molecule has 0 heterocycles. The van der Waals surface area contributed by atoms with Crippen LogP contribution in [0.15, 0.2) is 56.7 Å². The molecule has 20 heavy (non-hydrogen) atoms. The van der Waals surface area contributed by atoms with Gasteiger partial charge in [0, 0.05) is 20.8 Å². The zero-order chi connectivity index (χ0) is 14.4. The Kier molecular flexibility index (Phi) is 6.43. The Morgan fingerprint density at radius 3 is 2.70 bits per heavy atom. The second-order valence-corrected chi connectivity index (χ2v) is 6.75. The molecule has 0 spiro atoms. The Morgan fingerprint density at radius 2 is 1.95 bits per heavy atom. The number of hydrogen-bond donors (Lipinski definition) is 1. The summed E-state index contributed by atoms with van der Waals surface area (Å²) < 4.78 is 1.09. The third-order valence-corrected chi connectivity index (χ3v) is 5.48.